The SMILES string of the molecule is Cc1oc(C)c(C(=O)Nc2ccc(C(N)=S)cc2)c1C. The number of hydrogen-bond acceptors (Lipinski definition) is 3. The molecule has 0 bridgehead atoms. The third-order valence-electron chi connectivity index (χ3n) is 3.22. The molecular weight excluding hydrogens is 272 g/mol. The van der Waals surface area contributed by atoms with Crippen LogP contribution in [-0.4, -0.2) is 10.9 Å². The van der Waals surface area contributed by atoms with Crippen molar-refractivity contribution in [1.29, 1.82) is 0 Å². The molecule has 0 saturated heterocycles. The molecule has 0 unspecified atom stereocenters. The number of rotatable bonds is 3. The highest BCUT2D eigenvalue weighted by molar-refractivity contribution is 7.80. The van der Waals surface area contributed by atoms with Gasteiger partial charge in [-0.2, -0.15) is 0 Å². The van der Waals surface area contributed by atoms with Gasteiger partial charge in [0.2, 0.25) is 0 Å². The van der Waals surface area contributed by atoms with Gasteiger partial charge in [-0.05, 0) is 45.0 Å². The number of carbonyl (C=O) groups is 1. The lowest BCUT2D eigenvalue weighted by molar-refractivity contribution is 0.102. The predicted octanol–water partition coefficient (Wildman–Crippen LogP) is 3.09. The molecule has 0 spiro atoms. The van der Waals surface area contributed by atoms with Gasteiger partial charge in [-0.25, -0.2) is 0 Å². The van der Waals surface area contributed by atoms with E-state index in [9.17, 15) is 4.79 Å². The minimum absolute atomic E-state index is 0.181. The van der Waals surface area contributed by atoms with Gasteiger partial charge in [0.1, 0.15) is 16.5 Å². The minimum atomic E-state index is -0.181. The maximum absolute atomic E-state index is 12.3. The first kappa shape index (κ1) is 14.3. The zero-order valence-electron chi connectivity index (χ0n) is 11.6. The van der Waals surface area contributed by atoms with Gasteiger partial charge in [0.25, 0.3) is 5.91 Å². The number of nitrogens with two attached hydrogens (primary N) is 1. The summed E-state index contributed by atoms with van der Waals surface area (Å²) >= 11 is 4.88. The van der Waals surface area contributed by atoms with E-state index < -0.39 is 0 Å². The molecule has 0 saturated carbocycles. The van der Waals surface area contributed by atoms with Crippen molar-refractivity contribution in [3.63, 3.8) is 0 Å². The summed E-state index contributed by atoms with van der Waals surface area (Å²) in [5.41, 5.74) is 8.43. The average molecular weight is 288 g/mol. The summed E-state index contributed by atoms with van der Waals surface area (Å²) in [6, 6.07) is 7.09. The summed E-state index contributed by atoms with van der Waals surface area (Å²) in [5.74, 6) is 1.20. The predicted molar refractivity (Wildman–Crippen MR) is 83.2 cm³/mol. The lowest BCUT2D eigenvalue weighted by atomic mass is 10.1. The van der Waals surface area contributed by atoms with Crippen LogP contribution >= 0.6 is 12.2 Å². The van der Waals surface area contributed by atoms with Crippen molar-refractivity contribution in [2.24, 2.45) is 5.73 Å². The highest BCUT2D eigenvalue weighted by atomic mass is 32.1. The topological polar surface area (TPSA) is 68.3 Å². The lowest BCUT2D eigenvalue weighted by Crippen LogP contribution is -2.14. The van der Waals surface area contributed by atoms with Gasteiger partial charge in [0, 0.05) is 16.8 Å². The molecule has 1 aromatic heterocycles. The maximum atomic E-state index is 12.3. The molecule has 3 N–H and O–H groups in total. The monoisotopic (exact) mass is 288 g/mol. The molecule has 0 aliphatic heterocycles. The standard InChI is InChI=1S/C15H16N2O2S/c1-8-9(2)19-10(3)13(8)15(18)17-12-6-4-11(5-7-12)14(16)20/h4-7H,1-3H3,(H2,16,20)(H,17,18). The summed E-state index contributed by atoms with van der Waals surface area (Å²) in [4.78, 5) is 12.6. The van der Waals surface area contributed by atoms with Gasteiger partial charge in [0.15, 0.2) is 0 Å². The first-order valence-corrected chi connectivity index (χ1v) is 6.58. The molecule has 20 heavy (non-hydrogen) atoms. The first-order valence-electron chi connectivity index (χ1n) is 6.18. The molecule has 104 valence electrons. The van der Waals surface area contributed by atoms with Crippen molar-refractivity contribution < 1.29 is 9.21 Å². The van der Waals surface area contributed by atoms with E-state index in [1.165, 1.54) is 0 Å². The molecule has 0 fully saturated rings. The van der Waals surface area contributed by atoms with Crippen LogP contribution in [0, 0.1) is 20.8 Å². The van der Waals surface area contributed by atoms with Gasteiger partial charge in [-0.1, -0.05) is 12.2 Å². The Balaban J connectivity index is 2.21. The van der Waals surface area contributed by atoms with Crippen molar-refractivity contribution in [1.82, 2.24) is 0 Å². The fourth-order valence-electron chi connectivity index (χ4n) is 2.04. The third kappa shape index (κ3) is 2.72. The smallest absolute Gasteiger partial charge is 0.259 e. The van der Waals surface area contributed by atoms with Crippen molar-refractivity contribution in [2.45, 2.75) is 20.8 Å². The largest absolute Gasteiger partial charge is 0.466 e. The Hall–Kier alpha value is -2.14. The van der Waals surface area contributed by atoms with Gasteiger partial charge < -0.3 is 15.5 Å². The summed E-state index contributed by atoms with van der Waals surface area (Å²) < 4.78 is 5.46. The molecule has 0 aliphatic carbocycles. The normalized spacial score (nSPS) is 10.3. The fourth-order valence-corrected chi connectivity index (χ4v) is 2.17. The summed E-state index contributed by atoms with van der Waals surface area (Å²) in [7, 11) is 0. The van der Waals surface area contributed by atoms with Crippen LogP contribution in [0.5, 0.6) is 0 Å². The van der Waals surface area contributed by atoms with E-state index in [0.29, 0.717) is 22.0 Å². The van der Waals surface area contributed by atoms with E-state index in [0.717, 1.165) is 16.9 Å². The number of thiocarbonyl (C=S) groups is 1. The number of aryl methyl sites for hydroxylation is 2. The highest BCUT2D eigenvalue weighted by Gasteiger charge is 2.18. The fraction of sp³-hybridized carbons (Fsp3) is 0.200. The number of hydrogen-bond donors (Lipinski definition) is 2. The number of anilines is 1. The second kappa shape index (κ2) is 5.46. The second-order valence-corrected chi connectivity index (χ2v) is 5.05. The molecule has 1 aromatic carbocycles. The van der Waals surface area contributed by atoms with Crippen molar-refractivity contribution in [3.8, 4) is 0 Å². The molecule has 1 heterocycles. The minimum Gasteiger partial charge on any atom is -0.466 e. The number of furan rings is 1. The summed E-state index contributed by atoms with van der Waals surface area (Å²) in [6.45, 7) is 5.50. The van der Waals surface area contributed by atoms with E-state index >= 15 is 0 Å². The Bertz CT molecular complexity index is 672. The Morgan fingerprint density at radius 1 is 1.15 bits per heavy atom. The molecule has 0 atom stereocenters. The second-order valence-electron chi connectivity index (χ2n) is 4.61. The van der Waals surface area contributed by atoms with Crippen LogP contribution < -0.4 is 11.1 Å². The van der Waals surface area contributed by atoms with Crippen LogP contribution in [0.2, 0.25) is 0 Å². The van der Waals surface area contributed by atoms with E-state index in [2.05, 4.69) is 5.32 Å². The quantitative estimate of drug-likeness (QED) is 0.852. The van der Waals surface area contributed by atoms with Crippen molar-refractivity contribution in [2.75, 3.05) is 5.32 Å². The molecule has 0 aliphatic rings. The van der Waals surface area contributed by atoms with Crippen LogP contribution in [0.25, 0.3) is 0 Å². The van der Waals surface area contributed by atoms with Crippen molar-refractivity contribution in [3.05, 3.63) is 52.5 Å². The van der Waals surface area contributed by atoms with Crippen LogP contribution in [-0.2, 0) is 0 Å². The van der Waals surface area contributed by atoms with Crippen LogP contribution in [0.1, 0.15) is 33.0 Å². The summed E-state index contributed by atoms with van der Waals surface area (Å²) in [5, 5.41) is 2.84. The number of benzene rings is 1. The number of carbonyl (C=O) groups excluding carboxylic acids is 1. The van der Waals surface area contributed by atoms with E-state index in [1.54, 1.807) is 31.2 Å². The Kier molecular flexibility index (Phi) is 3.90. The number of amides is 1. The first-order chi connectivity index (χ1) is 9.40. The Morgan fingerprint density at radius 2 is 1.75 bits per heavy atom. The molecule has 1 amide bonds. The lowest BCUT2D eigenvalue weighted by Gasteiger charge is -2.06. The van der Waals surface area contributed by atoms with Gasteiger partial charge in [0.05, 0.1) is 5.56 Å². The molecular formula is C15H16N2O2S. The molecule has 4 nitrogen and oxygen atoms in total. The third-order valence-corrected chi connectivity index (χ3v) is 3.45. The number of nitrogens with one attached hydrogen (secondary N) is 1. The Morgan fingerprint density at radius 3 is 2.20 bits per heavy atom. The van der Waals surface area contributed by atoms with E-state index in [1.807, 2.05) is 13.8 Å². The van der Waals surface area contributed by atoms with Crippen LogP contribution in [0.3, 0.4) is 0 Å². The highest BCUT2D eigenvalue weighted by Crippen LogP contribution is 2.22. The summed E-state index contributed by atoms with van der Waals surface area (Å²) in [6.07, 6.45) is 0. The van der Waals surface area contributed by atoms with Crippen molar-refractivity contribution >= 4 is 28.8 Å². The maximum Gasteiger partial charge on any atom is 0.259 e. The zero-order chi connectivity index (χ0) is 14.9. The zero-order valence-corrected chi connectivity index (χ0v) is 12.4. The van der Waals surface area contributed by atoms with E-state index in [4.69, 9.17) is 22.4 Å². The molecule has 2 aromatic rings. The van der Waals surface area contributed by atoms with Gasteiger partial charge in [-0.15, -0.1) is 0 Å². The van der Waals surface area contributed by atoms with E-state index in [-0.39, 0.29) is 5.91 Å². The average Bonchev–Trinajstić information content (AvgIpc) is 2.63. The molecule has 0 radical (unpaired) electrons. The van der Waals surface area contributed by atoms with Gasteiger partial charge in [-0.3, -0.25) is 4.79 Å². The molecule has 5 heteroatoms. The van der Waals surface area contributed by atoms with Crippen LogP contribution in [0.15, 0.2) is 28.7 Å². The molecule has 2 rings (SSSR count). The Labute approximate surface area is 123 Å². The van der Waals surface area contributed by atoms with Crippen LogP contribution in [0.4, 0.5) is 5.69 Å². The van der Waals surface area contributed by atoms with Gasteiger partial charge >= 0.3 is 0 Å².